The summed E-state index contributed by atoms with van der Waals surface area (Å²) in [5.41, 5.74) is 1.44. The largest absolute Gasteiger partial charge is 0.487 e. The number of sulfonamides is 1. The summed E-state index contributed by atoms with van der Waals surface area (Å²) in [6, 6.07) is 20.5. The van der Waals surface area contributed by atoms with Crippen molar-refractivity contribution < 1.29 is 17.9 Å². The van der Waals surface area contributed by atoms with Crippen LogP contribution >= 0.6 is 11.6 Å². The molecule has 1 amide bonds. The smallest absolute Gasteiger partial charge is 0.264 e. The van der Waals surface area contributed by atoms with E-state index < -0.39 is 21.5 Å². The molecule has 0 aliphatic carbocycles. The van der Waals surface area contributed by atoms with Gasteiger partial charge in [0.25, 0.3) is 10.0 Å². The van der Waals surface area contributed by atoms with Gasteiger partial charge in [0, 0.05) is 17.0 Å². The molecule has 0 unspecified atom stereocenters. The van der Waals surface area contributed by atoms with E-state index >= 15 is 0 Å². The maximum absolute atomic E-state index is 13.7. The molecule has 8 heteroatoms. The van der Waals surface area contributed by atoms with Crippen molar-refractivity contribution in [1.29, 1.82) is 0 Å². The van der Waals surface area contributed by atoms with Crippen molar-refractivity contribution in [1.82, 2.24) is 5.32 Å². The zero-order valence-corrected chi connectivity index (χ0v) is 22.3. The van der Waals surface area contributed by atoms with E-state index in [2.05, 4.69) is 19.2 Å². The molecule has 0 bridgehead atoms. The first-order valence-corrected chi connectivity index (χ1v) is 13.9. The zero-order chi connectivity index (χ0) is 25.9. The van der Waals surface area contributed by atoms with Crippen molar-refractivity contribution in [2.24, 2.45) is 0 Å². The van der Waals surface area contributed by atoms with Crippen molar-refractivity contribution >= 4 is 33.2 Å². The summed E-state index contributed by atoms with van der Waals surface area (Å²) in [4.78, 5) is 13.6. The van der Waals surface area contributed by atoms with Crippen LogP contribution in [0.5, 0.6) is 5.75 Å². The number of hydrogen-bond donors (Lipinski definition) is 1. The minimum atomic E-state index is -4.03. The lowest BCUT2D eigenvalue weighted by molar-refractivity contribution is -0.121. The molecule has 1 heterocycles. The summed E-state index contributed by atoms with van der Waals surface area (Å²) in [5, 5.41) is 3.52. The molecule has 1 aliphatic rings. The van der Waals surface area contributed by atoms with Gasteiger partial charge in [-0.05, 0) is 55.7 Å². The number of para-hydroxylation sites is 1. The Labute approximate surface area is 218 Å². The standard InChI is InChI=1S/C28H31ClN2O4S/c1-4-28(5-2)18-24(22-14-9-10-17-26(22)35-28)30-27(32)19-31(25-16-11-15-23(29)20(25)3)36(33,34)21-12-7-6-8-13-21/h6-17,24H,4-5,18-19H2,1-3H3,(H,30,32)/t24-/m1/s1. The van der Waals surface area contributed by atoms with E-state index in [1.165, 1.54) is 12.1 Å². The zero-order valence-electron chi connectivity index (χ0n) is 20.7. The van der Waals surface area contributed by atoms with Crippen LogP contribution in [0, 0.1) is 6.92 Å². The predicted molar refractivity (Wildman–Crippen MR) is 143 cm³/mol. The maximum atomic E-state index is 13.7. The summed E-state index contributed by atoms with van der Waals surface area (Å²) in [6.45, 7) is 5.51. The number of halogens is 1. The summed E-state index contributed by atoms with van der Waals surface area (Å²) in [5.74, 6) is 0.342. The highest BCUT2D eigenvalue weighted by Crippen LogP contribution is 2.42. The lowest BCUT2D eigenvalue weighted by Gasteiger charge is -2.41. The lowest BCUT2D eigenvalue weighted by atomic mass is 9.83. The van der Waals surface area contributed by atoms with Crippen molar-refractivity contribution in [3.63, 3.8) is 0 Å². The minimum absolute atomic E-state index is 0.101. The third kappa shape index (κ3) is 5.08. The molecule has 0 spiro atoms. The van der Waals surface area contributed by atoms with Crippen LogP contribution in [-0.2, 0) is 14.8 Å². The van der Waals surface area contributed by atoms with Gasteiger partial charge in [-0.15, -0.1) is 0 Å². The Morgan fingerprint density at radius 3 is 2.39 bits per heavy atom. The Morgan fingerprint density at radius 2 is 1.69 bits per heavy atom. The topological polar surface area (TPSA) is 75.7 Å². The Kier molecular flexibility index (Phi) is 7.62. The second-order valence-electron chi connectivity index (χ2n) is 9.06. The van der Waals surface area contributed by atoms with E-state index in [-0.39, 0.29) is 17.5 Å². The Bertz CT molecular complexity index is 1340. The maximum Gasteiger partial charge on any atom is 0.264 e. The highest BCUT2D eigenvalue weighted by atomic mass is 35.5. The van der Waals surface area contributed by atoms with Crippen molar-refractivity contribution in [3.8, 4) is 5.75 Å². The van der Waals surface area contributed by atoms with E-state index in [1.807, 2.05) is 24.3 Å². The van der Waals surface area contributed by atoms with E-state index in [0.29, 0.717) is 22.7 Å². The molecule has 4 rings (SSSR count). The average Bonchev–Trinajstić information content (AvgIpc) is 2.89. The van der Waals surface area contributed by atoms with Crippen LogP contribution in [0.2, 0.25) is 5.02 Å². The number of ether oxygens (including phenoxy) is 1. The number of carbonyl (C=O) groups excluding carboxylic acids is 1. The van der Waals surface area contributed by atoms with E-state index in [4.69, 9.17) is 16.3 Å². The number of anilines is 1. The first kappa shape index (κ1) is 26.0. The number of carbonyl (C=O) groups is 1. The fourth-order valence-corrected chi connectivity index (χ4v) is 6.36. The molecular weight excluding hydrogens is 496 g/mol. The molecule has 0 aromatic heterocycles. The normalized spacial score (nSPS) is 16.5. The third-order valence-electron chi connectivity index (χ3n) is 6.95. The second-order valence-corrected chi connectivity index (χ2v) is 11.3. The number of hydrogen-bond acceptors (Lipinski definition) is 4. The van der Waals surface area contributed by atoms with Crippen molar-refractivity contribution in [2.45, 2.75) is 56.6 Å². The summed E-state index contributed by atoms with van der Waals surface area (Å²) >= 11 is 6.33. The van der Waals surface area contributed by atoms with Gasteiger partial charge >= 0.3 is 0 Å². The monoisotopic (exact) mass is 526 g/mol. The molecule has 1 atom stereocenters. The van der Waals surface area contributed by atoms with Gasteiger partial charge < -0.3 is 10.1 Å². The Balaban J connectivity index is 1.68. The predicted octanol–water partition coefficient (Wildman–Crippen LogP) is 6.04. The molecular formula is C28H31ClN2O4S. The number of benzene rings is 3. The van der Waals surface area contributed by atoms with Gasteiger partial charge in [0.05, 0.1) is 16.6 Å². The number of fused-ring (bicyclic) bond motifs is 1. The number of nitrogens with zero attached hydrogens (tertiary/aromatic N) is 1. The molecule has 190 valence electrons. The third-order valence-corrected chi connectivity index (χ3v) is 9.13. The van der Waals surface area contributed by atoms with E-state index in [9.17, 15) is 13.2 Å². The molecule has 0 saturated carbocycles. The summed E-state index contributed by atoms with van der Waals surface area (Å²) < 4.78 is 34.9. The molecule has 36 heavy (non-hydrogen) atoms. The van der Waals surface area contributed by atoms with Gasteiger partial charge in [-0.25, -0.2) is 8.42 Å². The van der Waals surface area contributed by atoms with Gasteiger partial charge in [0.2, 0.25) is 5.91 Å². The van der Waals surface area contributed by atoms with Crippen LogP contribution in [0.1, 0.15) is 50.3 Å². The van der Waals surface area contributed by atoms with Crippen LogP contribution in [0.15, 0.2) is 77.7 Å². The number of nitrogens with one attached hydrogen (secondary N) is 1. The number of amides is 1. The van der Waals surface area contributed by atoms with Crippen LogP contribution in [0.4, 0.5) is 5.69 Å². The van der Waals surface area contributed by atoms with E-state index in [1.54, 1.807) is 43.3 Å². The van der Waals surface area contributed by atoms with Gasteiger partial charge in [-0.2, -0.15) is 0 Å². The van der Waals surface area contributed by atoms with Gasteiger partial charge in [0.1, 0.15) is 17.9 Å². The van der Waals surface area contributed by atoms with Crippen LogP contribution in [0.25, 0.3) is 0 Å². The first-order chi connectivity index (χ1) is 17.2. The second kappa shape index (κ2) is 10.5. The first-order valence-electron chi connectivity index (χ1n) is 12.1. The molecule has 1 N–H and O–H groups in total. The molecule has 0 fully saturated rings. The molecule has 3 aromatic rings. The SMILES string of the molecule is CCC1(CC)C[C@@H](NC(=O)CN(c2cccc(Cl)c2C)S(=O)(=O)c2ccccc2)c2ccccc2O1. The Morgan fingerprint density at radius 1 is 1.03 bits per heavy atom. The fraction of sp³-hybridized carbons (Fsp3) is 0.321. The molecule has 0 radical (unpaired) electrons. The quantitative estimate of drug-likeness (QED) is 0.388. The molecule has 6 nitrogen and oxygen atoms in total. The average molecular weight is 527 g/mol. The summed E-state index contributed by atoms with van der Waals surface area (Å²) in [6.07, 6.45) is 2.19. The highest BCUT2D eigenvalue weighted by molar-refractivity contribution is 7.92. The lowest BCUT2D eigenvalue weighted by Crippen LogP contribution is -2.47. The van der Waals surface area contributed by atoms with Crippen molar-refractivity contribution in [2.75, 3.05) is 10.8 Å². The fourth-order valence-electron chi connectivity index (χ4n) is 4.69. The van der Waals surface area contributed by atoms with Crippen LogP contribution in [-0.4, -0.2) is 26.5 Å². The van der Waals surface area contributed by atoms with Gasteiger partial charge in [-0.3, -0.25) is 9.10 Å². The molecule has 1 aliphatic heterocycles. The van der Waals surface area contributed by atoms with Crippen LogP contribution in [0.3, 0.4) is 0 Å². The minimum Gasteiger partial charge on any atom is -0.487 e. The van der Waals surface area contributed by atoms with Gasteiger partial charge in [-0.1, -0.05) is 67.9 Å². The van der Waals surface area contributed by atoms with E-state index in [0.717, 1.165) is 28.5 Å². The highest BCUT2D eigenvalue weighted by Gasteiger charge is 2.39. The number of rotatable bonds is 8. The Hall–Kier alpha value is -3.03. The summed E-state index contributed by atoms with van der Waals surface area (Å²) in [7, 11) is -4.03. The molecule has 0 saturated heterocycles. The van der Waals surface area contributed by atoms with Crippen molar-refractivity contribution in [3.05, 3.63) is 88.9 Å². The van der Waals surface area contributed by atoms with Gasteiger partial charge in [0.15, 0.2) is 0 Å². The molecule has 3 aromatic carbocycles. The van der Waals surface area contributed by atoms with Crippen LogP contribution < -0.4 is 14.4 Å².